The first-order chi connectivity index (χ1) is 19.1. The van der Waals surface area contributed by atoms with E-state index in [1.807, 2.05) is 12.1 Å². The maximum atomic E-state index is 14.0. The van der Waals surface area contributed by atoms with Gasteiger partial charge in [-0.25, -0.2) is 17.5 Å². The average molecular weight is 567 g/mol. The van der Waals surface area contributed by atoms with Crippen LogP contribution in [0.15, 0.2) is 53.6 Å². The molecule has 1 atom stereocenters. The van der Waals surface area contributed by atoms with Crippen molar-refractivity contribution in [1.82, 2.24) is 29.6 Å². The lowest BCUT2D eigenvalue weighted by Crippen LogP contribution is -2.34. The highest BCUT2D eigenvalue weighted by Gasteiger charge is 2.25. The number of likely N-dealkylation sites (tertiary alicyclic amines) is 1. The number of hydrogen-bond acceptors (Lipinski definition) is 6. The molecule has 0 unspecified atom stereocenters. The third-order valence-electron chi connectivity index (χ3n) is 7.32. The number of rotatable bonds is 11. The second-order valence-electron chi connectivity index (χ2n) is 11.0. The van der Waals surface area contributed by atoms with Crippen LogP contribution in [0.5, 0.6) is 0 Å². The van der Waals surface area contributed by atoms with Gasteiger partial charge in [-0.15, -0.1) is 5.10 Å². The molecule has 1 aliphatic heterocycles. The molecular weight excluding hydrogens is 531 g/mol. The number of hydrogen-bond donors (Lipinski definition) is 2. The fourth-order valence-corrected chi connectivity index (χ4v) is 6.44. The van der Waals surface area contributed by atoms with Gasteiger partial charge in [0, 0.05) is 49.6 Å². The zero-order chi connectivity index (χ0) is 28.4. The van der Waals surface area contributed by atoms with Gasteiger partial charge in [0.05, 0.1) is 16.8 Å². The smallest absolute Gasteiger partial charge is 0.240 e. The maximum Gasteiger partial charge on any atom is 0.240 e. The molecule has 0 bridgehead atoms. The van der Waals surface area contributed by atoms with Crippen LogP contribution in [0.3, 0.4) is 0 Å². The zero-order valence-electron chi connectivity index (χ0n) is 23.0. The molecule has 9 nitrogen and oxygen atoms in total. The summed E-state index contributed by atoms with van der Waals surface area (Å²) < 4.78 is 43.9. The third-order valence-corrected chi connectivity index (χ3v) is 8.80. The average Bonchev–Trinajstić information content (AvgIpc) is 3.62. The second-order valence-corrected chi connectivity index (χ2v) is 12.8. The lowest BCUT2D eigenvalue weighted by Gasteiger charge is -2.16. The molecule has 4 aromatic rings. The highest BCUT2D eigenvalue weighted by atomic mass is 32.2. The minimum Gasteiger partial charge on any atom is -0.352 e. The van der Waals surface area contributed by atoms with Crippen molar-refractivity contribution in [3.63, 3.8) is 0 Å². The Kier molecular flexibility index (Phi) is 8.16. The molecule has 1 saturated heterocycles. The van der Waals surface area contributed by atoms with Crippen LogP contribution < -0.4 is 4.72 Å². The van der Waals surface area contributed by atoms with Crippen molar-refractivity contribution in [1.29, 1.82) is 0 Å². The van der Waals surface area contributed by atoms with Crippen LogP contribution in [-0.4, -0.2) is 65.3 Å². The number of nitrogens with zero attached hydrogens (tertiary/aromatic N) is 4. The van der Waals surface area contributed by atoms with Crippen molar-refractivity contribution in [3.8, 4) is 11.3 Å². The summed E-state index contributed by atoms with van der Waals surface area (Å²) in [5, 5.41) is 9.17. The van der Waals surface area contributed by atoms with Crippen molar-refractivity contribution in [3.05, 3.63) is 65.7 Å². The van der Waals surface area contributed by atoms with Crippen LogP contribution in [0.4, 0.5) is 4.39 Å². The number of H-pyrrole nitrogens is 1. The summed E-state index contributed by atoms with van der Waals surface area (Å²) in [7, 11) is -3.56. The molecule has 5 rings (SSSR count). The minimum atomic E-state index is -3.56. The number of aromatic nitrogens is 4. The Hall–Kier alpha value is -3.41. The second kappa shape index (κ2) is 11.6. The molecule has 0 saturated carbocycles. The Morgan fingerprint density at radius 3 is 2.70 bits per heavy atom. The zero-order valence-corrected chi connectivity index (χ0v) is 23.8. The third kappa shape index (κ3) is 6.32. The number of Topliss-reactive ketones (excluding diaryl/α,β-unsaturated/α-hetero) is 1. The molecule has 0 spiro atoms. The number of halogens is 1. The number of benzene rings is 2. The summed E-state index contributed by atoms with van der Waals surface area (Å²) in [5.41, 5.74) is 3.26. The Morgan fingerprint density at radius 1 is 1.20 bits per heavy atom. The monoisotopic (exact) mass is 566 g/mol. The lowest BCUT2D eigenvalue weighted by molar-refractivity contribution is 0.101. The van der Waals surface area contributed by atoms with Crippen molar-refractivity contribution < 1.29 is 17.6 Å². The van der Waals surface area contributed by atoms with Gasteiger partial charge in [-0.1, -0.05) is 31.2 Å². The molecular formula is C29H35FN6O3S. The Morgan fingerprint density at radius 2 is 1.98 bits per heavy atom. The summed E-state index contributed by atoms with van der Waals surface area (Å²) in [4.78, 5) is 17.9. The highest BCUT2D eigenvalue weighted by molar-refractivity contribution is 7.89. The number of ketones is 1. The number of carbonyl (C=O) groups is 1. The van der Waals surface area contributed by atoms with Crippen LogP contribution >= 0.6 is 0 Å². The van der Waals surface area contributed by atoms with Crippen molar-refractivity contribution in [2.45, 2.75) is 45.1 Å². The SMILES string of the molecule is CC(=O)c1[nH]c2ccc(F)cc2c1-c1cn(C[C@@H]2CCN(CCNS(=O)(=O)c3ccc(CC(C)C)cc3)C2)nn1. The van der Waals surface area contributed by atoms with Gasteiger partial charge in [0.25, 0.3) is 0 Å². The quantitative estimate of drug-likeness (QED) is 0.262. The van der Waals surface area contributed by atoms with E-state index in [4.69, 9.17) is 0 Å². The fraction of sp³-hybridized carbons (Fsp3) is 0.414. The maximum absolute atomic E-state index is 14.0. The molecule has 0 amide bonds. The van der Waals surface area contributed by atoms with Crippen LogP contribution in [0.2, 0.25) is 0 Å². The first-order valence-corrected chi connectivity index (χ1v) is 15.1. The number of aromatic amines is 1. The van der Waals surface area contributed by atoms with E-state index in [1.54, 1.807) is 29.1 Å². The van der Waals surface area contributed by atoms with Crippen molar-refractivity contribution in [2.75, 3.05) is 26.2 Å². The van der Waals surface area contributed by atoms with E-state index < -0.39 is 10.0 Å². The van der Waals surface area contributed by atoms with Gasteiger partial charge in [-0.2, -0.15) is 0 Å². The van der Waals surface area contributed by atoms with Crippen LogP contribution in [-0.2, 0) is 23.0 Å². The molecule has 11 heteroatoms. The fourth-order valence-electron chi connectivity index (χ4n) is 5.42. The van der Waals surface area contributed by atoms with Gasteiger partial charge >= 0.3 is 0 Å². The van der Waals surface area contributed by atoms with Gasteiger partial charge in [0.2, 0.25) is 10.0 Å². The Labute approximate surface area is 233 Å². The number of nitrogens with one attached hydrogen (secondary N) is 2. The van der Waals surface area contributed by atoms with Gasteiger partial charge < -0.3 is 9.88 Å². The molecule has 212 valence electrons. The van der Waals surface area contributed by atoms with Gasteiger partial charge in [0.1, 0.15) is 11.5 Å². The van der Waals surface area contributed by atoms with E-state index in [0.29, 0.717) is 59.3 Å². The number of sulfonamides is 1. The summed E-state index contributed by atoms with van der Waals surface area (Å²) >= 11 is 0. The van der Waals surface area contributed by atoms with E-state index in [9.17, 15) is 17.6 Å². The van der Waals surface area contributed by atoms with E-state index in [1.165, 1.54) is 19.1 Å². The predicted octanol–water partition coefficient (Wildman–Crippen LogP) is 4.27. The van der Waals surface area contributed by atoms with E-state index in [-0.39, 0.29) is 16.5 Å². The molecule has 0 radical (unpaired) electrons. The summed E-state index contributed by atoms with van der Waals surface area (Å²) in [6.07, 6.45) is 3.67. The Balaban J connectivity index is 1.16. The topological polar surface area (TPSA) is 113 Å². The standard InChI is InChI=1S/C29H35FN6O3S/c1-19(2)14-21-4-7-24(8-5-21)40(38,39)31-11-13-35-12-10-22(16-35)17-36-18-27(33-34-36)28-25-15-23(30)6-9-26(25)32-29(28)20(3)37/h4-9,15,18-19,22,31-32H,10-14,16-17H2,1-3H3/t22-/m1/s1. The van der Waals surface area contributed by atoms with E-state index in [2.05, 4.69) is 38.8 Å². The first-order valence-electron chi connectivity index (χ1n) is 13.6. The van der Waals surface area contributed by atoms with Crippen LogP contribution in [0.25, 0.3) is 22.2 Å². The largest absolute Gasteiger partial charge is 0.352 e. The summed E-state index contributed by atoms with van der Waals surface area (Å²) in [5.74, 6) is 0.295. The molecule has 2 N–H and O–H groups in total. The lowest BCUT2D eigenvalue weighted by atomic mass is 10.0. The first kappa shape index (κ1) is 28.1. The molecule has 2 aromatic heterocycles. The molecule has 1 fully saturated rings. The minimum absolute atomic E-state index is 0.161. The summed E-state index contributed by atoms with van der Waals surface area (Å²) in [6.45, 7) is 9.02. The number of carbonyl (C=O) groups excluding carboxylic acids is 1. The summed E-state index contributed by atoms with van der Waals surface area (Å²) in [6, 6.07) is 11.5. The van der Waals surface area contributed by atoms with E-state index >= 15 is 0 Å². The molecule has 1 aliphatic rings. The van der Waals surface area contributed by atoms with Crippen LogP contribution in [0, 0.1) is 17.7 Å². The molecule has 2 aromatic carbocycles. The van der Waals surface area contributed by atoms with Gasteiger partial charge in [0.15, 0.2) is 5.78 Å². The Bertz CT molecular complexity index is 1610. The number of fused-ring (bicyclic) bond motifs is 1. The molecule has 0 aliphatic carbocycles. The molecule has 3 heterocycles. The van der Waals surface area contributed by atoms with Crippen molar-refractivity contribution >= 4 is 26.7 Å². The van der Waals surface area contributed by atoms with Crippen molar-refractivity contribution in [2.24, 2.45) is 11.8 Å². The van der Waals surface area contributed by atoms with Gasteiger partial charge in [-0.05, 0) is 67.1 Å². The predicted molar refractivity (Wildman–Crippen MR) is 152 cm³/mol. The van der Waals surface area contributed by atoms with Crippen LogP contribution in [0.1, 0.15) is 43.2 Å². The van der Waals surface area contributed by atoms with E-state index in [0.717, 1.165) is 31.5 Å². The van der Waals surface area contributed by atoms with Gasteiger partial charge in [-0.3, -0.25) is 9.48 Å². The normalized spacial score (nSPS) is 16.4. The highest BCUT2D eigenvalue weighted by Crippen LogP contribution is 2.32. The molecule has 40 heavy (non-hydrogen) atoms.